The second-order valence-electron chi connectivity index (χ2n) is 5.13. The monoisotopic (exact) mass is 285 g/mol. The first-order valence-corrected chi connectivity index (χ1v) is 6.51. The highest BCUT2D eigenvalue weighted by Gasteiger charge is 2.27. The third-order valence-electron chi connectivity index (χ3n) is 2.75. The Balaban J connectivity index is 4.74. The van der Waals surface area contributed by atoms with E-state index in [1.807, 2.05) is 0 Å². The molecule has 0 aliphatic carbocycles. The lowest BCUT2D eigenvalue weighted by Gasteiger charge is -2.23. The maximum atomic E-state index is 12.1. The normalized spacial score (nSPS) is 13.4. The van der Waals surface area contributed by atoms with Gasteiger partial charge < -0.3 is 21.2 Å². The van der Waals surface area contributed by atoms with Crippen molar-refractivity contribution in [2.24, 2.45) is 11.7 Å². The second-order valence-corrected chi connectivity index (χ2v) is 5.13. The van der Waals surface area contributed by atoms with Crippen LogP contribution in [0, 0.1) is 5.92 Å². The zero-order chi connectivity index (χ0) is 15.9. The molecule has 114 valence electrons. The molecule has 3 amide bonds. The SMILES string of the molecule is CC(=O)CC[C@@H](NC(=O)[C@H](NC(C)=O)C(C)C)C(N)=O. The van der Waals surface area contributed by atoms with Gasteiger partial charge in [0.25, 0.3) is 0 Å². The Hall–Kier alpha value is -1.92. The molecule has 2 atom stereocenters. The lowest BCUT2D eigenvalue weighted by molar-refractivity contribution is -0.132. The number of amides is 3. The van der Waals surface area contributed by atoms with Gasteiger partial charge in [0.05, 0.1) is 0 Å². The number of primary amides is 1. The molecular weight excluding hydrogens is 262 g/mol. The van der Waals surface area contributed by atoms with Crippen LogP contribution in [0.5, 0.6) is 0 Å². The standard InChI is InChI=1S/C13H23N3O4/c1-7(2)11(15-9(4)18)13(20)16-10(12(14)19)6-5-8(3)17/h7,10-11H,5-6H2,1-4H3,(H2,14,19)(H,15,18)(H,16,20)/t10-,11-/m1/s1. The predicted molar refractivity (Wildman–Crippen MR) is 73.5 cm³/mol. The van der Waals surface area contributed by atoms with Crippen molar-refractivity contribution in [1.29, 1.82) is 0 Å². The van der Waals surface area contributed by atoms with E-state index in [1.54, 1.807) is 13.8 Å². The largest absolute Gasteiger partial charge is 0.368 e. The van der Waals surface area contributed by atoms with E-state index in [4.69, 9.17) is 5.73 Å². The van der Waals surface area contributed by atoms with Crippen molar-refractivity contribution in [3.05, 3.63) is 0 Å². The van der Waals surface area contributed by atoms with Gasteiger partial charge in [0.2, 0.25) is 17.7 Å². The lowest BCUT2D eigenvalue weighted by atomic mass is 10.0. The molecular formula is C13H23N3O4. The Bertz CT molecular complexity index is 393. The number of carbonyl (C=O) groups is 4. The summed E-state index contributed by atoms with van der Waals surface area (Å²) in [7, 11) is 0. The van der Waals surface area contributed by atoms with Gasteiger partial charge in [-0.1, -0.05) is 13.8 Å². The van der Waals surface area contributed by atoms with Crippen LogP contribution in [-0.4, -0.2) is 35.6 Å². The van der Waals surface area contributed by atoms with Crippen molar-refractivity contribution in [3.8, 4) is 0 Å². The van der Waals surface area contributed by atoms with Crippen molar-refractivity contribution < 1.29 is 19.2 Å². The lowest BCUT2D eigenvalue weighted by Crippen LogP contribution is -2.54. The molecule has 0 aliphatic heterocycles. The van der Waals surface area contributed by atoms with E-state index in [0.717, 1.165) is 0 Å². The van der Waals surface area contributed by atoms with Crippen LogP contribution >= 0.6 is 0 Å². The van der Waals surface area contributed by atoms with Crippen LogP contribution in [0.1, 0.15) is 40.5 Å². The van der Waals surface area contributed by atoms with Crippen LogP contribution in [0.15, 0.2) is 0 Å². The Labute approximate surface area is 118 Å². The molecule has 0 saturated carbocycles. The summed E-state index contributed by atoms with van der Waals surface area (Å²) in [5.74, 6) is -1.75. The van der Waals surface area contributed by atoms with E-state index in [2.05, 4.69) is 10.6 Å². The van der Waals surface area contributed by atoms with Gasteiger partial charge in [-0.3, -0.25) is 14.4 Å². The predicted octanol–water partition coefficient (Wildman–Crippen LogP) is -0.514. The fourth-order valence-electron chi connectivity index (χ4n) is 1.65. The second kappa shape index (κ2) is 8.29. The molecule has 0 aromatic carbocycles. The number of nitrogens with two attached hydrogens (primary N) is 1. The van der Waals surface area contributed by atoms with Gasteiger partial charge in [-0.25, -0.2) is 0 Å². The van der Waals surface area contributed by atoms with E-state index in [0.29, 0.717) is 0 Å². The van der Waals surface area contributed by atoms with Crippen molar-refractivity contribution in [2.45, 2.75) is 52.6 Å². The third kappa shape index (κ3) is 6.86. The number of hydrogen-bond donors (Lipinski definition) is 3. The van der Waals surface area contributed by atoms with Gasteiger partial charge in [-0.15, -0.1) is 0 Å². The summed E-state index contributed by atoms with van der Waals surface area (Å²) in [6.45, 7) is 6.25. The van der Waals surface area contributed by atoms with Crippen LogP contribution in [0.2, 0.25) is 0 Å². The minimum absolute atomic E-state index is 0.0900. The van der Waals surface area contributed by atoms with Crippen LogP contribution < -0.4 is 16.4 Å². The maximum Gasteiger partial charge on any atom is 0.243 e. The minimum Gasteiger partial charge on any atom is -0.368 e. The number of nitrogens with one attached hydrogen (secondary N) is 2. The first kappa shape index (κ1) is 18.1. The van der Waals surface area contributed by atoms with Crippen LogP contribution in [0.3, 0.4) is 0 Å². The van der Waals surface area contributed by atoms with Crippen LogP contribution in [0.25, 0.3) is 0 Å². The molecule has 0 bridgehead atoms. The summed E-state index contributed by atoms with van der Waals surface area (Å²) in [5.41, 5.74) is 5.20. The smallest absolute Gasteiger partial charge is 0.243 e. The van der Waals surface area contributed by atoms with Crippen molar-refractivity contribution in [3.63, 3.8) is 0 Å². The number of rotatable bonds is 8. The summed E-state index contributed by atoms with van der Waals surface area (Å²) >= 11 is 0. The molecule has 0 rings (SSSR count). The van der Waals surface area contributed by atoms with Crippen LogP contribution in [-0.2, 0) is 19.2 Å². The zero-order valence-electron chi connectivity index (χ0n) is 12.4. The summed E-state index contributed by atoms with van der Waals surface area (Å²) in [6, 6.07) is -1.66. The molecule has 0 saturated heterocycles. The molecule has 0 aliphatic rings. The highest BCUT2D eigenvalue weighted by molar-refractivity contribution is 5.91. The van der Waals surface area contributed by atoms with E-state index < -0.39 is 23.9 Å². The van der Waals surface area contributed by atoms with Gasteiger partial charge >= 0.3 is 0 Å². The summed E-state index contributed by atoms with van der Waals surface area (Å²) in [4.78, 5) is 45.3. The minimum atomic E-state index is -0.915. The molecule has 0 unspecified atom stereocenters. The Morgan fingerprint density at radius 3 is 1.95 bits per heavy atom. The average molecular weight is 285 g/mol. The Morgan fingerprint density at radius 2 is 1.60 bits per heavy atom. The van der Waals surface area contributed by atoms with Crippen LogP contribution in [0.4, 0.5) is 0 Å². The molecule has 0 spiro atoms. The molecule has 0 heterocycles. The first-order chi connectivity index (χ1) is 9.15. The van der Waals surface area contributed by atoms with Gasteiger partial charge in [-0.05, 0) is 19.3 Å². The number of hydrogen-bond acceptors (Lipinski definition) is 4. The number of carbonyl (C=O) groups excluding carboxylic acids is 4. The first-order valence-electron chi connectivity index (χ1n) is 6.51. The van der Waals surface area contributed by atoms with Gasteiger partial charge in [0, 0.05) is 13.3 Å². The van der Waals surface area contributed by atoms with E-state index >= 15 is 0 Å². The zero-order valence-corrected chi connectivity index (χ0v) is 12.4. The van der Waals surface area contributed by atoms with Gasteiger partial charge in [-0.2, -0.15) is 0 Å². The molecule has 0 aromatic heterocycles. The summed E-state index contributed by atoms with van der Waals surface area (Å²) < 4.78 is 0. The molecule has 20 heavy (non-hydrogen) atoms. The topological polar surface area (TPSA) is 118 Å². The molecule has 0 aromatic rings. The van der Waals surface area contributed by atoms with E-state index in [1.165, 1.54) is 13.8 Å². The van der Waals surface area contributed by atoms with Crippen molar-refractivity contribution in [2.75, 3.05) is 0 Å². The highest BCUT2D eigenvalue weighted by atomic mass is 16.2. The van der Waals surface area contributed by atoms with Crippen molar-refractivity contribution in [1.82, 2.24) is 10.6 Å². The molecule has 0 fully saturated rings. The molecule has 7 nitrogen and oxygen atoms in total. The van der Waals surface area contributed by atoms with Gasteiger partial charge in [0.1, 0.15) is 17.9 Å². The highest BCUT2D eigenvalue weighted by Crippen LogP contribution is 2.04. The number of ketones is 1. The average Bonchev–Trinajstić information content (AvgIpc) is 2.29. The van der Waals surface area contributed by atoms with E-state index in [-0.39, 0.29) is 30.4 Å². The van der Waals surface area contributed by atoms with Gasteiger partial charge in [0.15, 0.2) is 0 Å². The quantitative estimate of drug-likeness (QED) is 0.556. The Morgan fingerprint density at radius 1 is 1.05 bits per heavy atom. The third-order valence-corrected chi connectivity index (χ3v) is 2.75. The summed E-state index contributed by atoms with van der Waals surface area (Å²) in [5, 5.41) is 5.00. The van der Waals surface area contributed by atoms with Crippen molar-refractivity contribution >= 4 is 23.5 Å². The molecule has 0 radical (unpaired) electrons. The fraction of sp³-hybridized carbons (Fsp3) is 0.692. The molecule has 7 heteroatoms. The fourth-order valence-corrected chi connectivity index (χ4v) is 1.65. The maximum absolute atomic E-state index is 12.1. The molecule has 4 N–H and O–H groups in total. The Kier molecular flexibility index (Phi) is 7.49. The van der Waals surface area contributed by atoms with E-state index in [9.17, 15) is 19.2 Å². The summed E-state index contributed by atoms with van der Waals surface area (Å²) in [6.07, 6.45) is 0.307. The number of Topliss-reactive ketones (excluding diaryl/α,β-unsaturated/α-hetero) is 1.